The van der Waals surface area contributed by atoms with Crippen LogP contribution in [-0.2, 0) is 9.59 Å². The fraction of sp³-hybridized carbons (Fsp3) is 0.935. The summed E-state index contributed by atoms with van der Waals surface area (Å²) >= 11 is 0. The van der Waals surface area contributed by atoms with E-state index in [0.29, 0.717) is 12.2 Å². The first kappa shape index (κ1) is 33.1. The molecule has 0 aliphatic heterocycles. The summed E-state index contributed by atoms with van der Waals surface area (Å²) in [5.74, 6) is -0.175. The van der Waals surface area contributed by atoms with E-state index in [1.54, 1.807) is 0 Å². The van der Waals surface area contributed by atoms with Crippen molar-refractivity contribution in [1.82, 2.24) is 0 Å². The van der Waals surface area contributed by atoms with E-state index in [9.17, 15) is 9.59 Å². The van der Waals surface area contributed by atoms with Crippen LogP contribution in [0.1, 0.15) is 187 Å². The first-order chi connectivity index (χ1) is 16.7. The smallest absolute Gasteiger partial charge is 0.303 e. The number of aliphatic carboxylic acids is 1. The third-order valence-electron chi connectivity index (χ3n) is 7.16. The molecule has 0 rings (SSSR count). The van der Waals surface area contributed by atoms with Crippen molar-refractivity contribution in [3.05, 3.63) is 0 Å². The lowest BCUT2D eigenvalue weighted by Gasteiger charge is -2.04. The molecule has 0 saturated heterocycles. The Morgan fingerprint density at radius 3 is 0.882 bits per heavy atom. The lowest BCUT2D eigenvalue weighted by Crippen LogP contribution is -1.97. The van der Waals surface area contributed by atoms with Gasteiger partial charge in [-0.15, -0.1) is 0 Å². The average Bonchev–Trinajstić information content (AvgIpc) is 2.82. The highest BCUT2D eigenvalue weighted by atomic mass is 16.4. The van der Waals surface area contributed by atoms with Crippen LogP contribution < -0.4 is 0 Å². The largest absolute Gasteiger partial charge is 0.481 e. The van der Waals surface area contributed by atoms with Crippen molar-refractivity contribution < 1.29 is 14.7 Å². The fourth-order valence-electron chi connectivity index (χ4n) is 4.83. The number of carbonyl (C=O) groups is 2. The summed E-state index contributed by atoms with van der Waals surface area (Å²) in [5.41, 5.74) is 0. The minimum Gasteiger partial charge on any atom is -0.481 e. The van der Waals surface area contributed by atoms with Gasteiger partial charge in [0, 0.05) is 19.3 Å². The van der Waals surface area contributed by atoms with E-state index in [-0.39, 0.29) is 0 Å². The molecule has 0 radical (unpaired) electrons. The van der Waals surface area contributed by atoms with Crippen LogP contribution in [0.5, 0.6) is 0 Å². The highest BCUT2D eigenvalue weighted by molar-refractivity contribution is 5.78. The van der Waals surface area contributed by atoms with E-state index >= 15 is 0 Å². The molecule has 0 aromatic heterocycles. The normalized spacial score (nSPS) is 11.2. The molecule has 0 aromatic carbocycles. The van der Waals surface area contributed by atoms with Crippen LogP contribution in [0.2, 0.25) is 0 Å². The Labute approximate surface area is 213 Å². The first-order valence-corrected chi connectivity index (χ1v) is 15.4. The fourth-order valence-corrected chi connectivity index (χ4v) is 4.83. The van der Waals surface area contributed by atoms with Crippen molar-refractivity contribution in [1.29, 1.82) is 0 Å². The zero-order valence-electron chi connectivity index (χ0n) is 23.1. The van der Waals surface area contributed by atoms with Gasteiger partial charge in [-0.2, -0.15) is 0 Å². The van der Waals surface area contributed by atoms with Gasteiger partial charge >= 0.3 is 5.97 Å². The Morgan fingerprint density at radius 2 is 0.618 bits per heavy atom. The van der Waals surface area contributed by atoms with E-state index in [2.05, 4.69) is 6.92 Å². The summed E-state index contributed by atoms with van der Waals surface area (Å²) in [4.78, 5) is 22.5. The molecule has 0 aliphatic carbocycles. The van der Waals surface area contributed by atoms with Gasteiger partial charge in [0.15, 0.2) is 0 Å². The SMILES string of the molecule is CCCCCCCCCCCCCCCC(=O)CCCCCCCCCCCCCCC(=O)O. The second-order valence-electron chi connectivity index (χ2n) is 10.7. The third-order valence-corrected chi connectivity index (χ3v) is 7.16. The molecule has 0 bridgehead atoms. The number of carboxylic acids is 1. The van der Waals surface area contributed by atoms with Crippen molar-refractivity contribution in [3.63, 3.8) is 0 Å². The van der Waals surface area contributed by atoms with Crippen molar-refractivity contribution in [2.75, 3.05) is 0 Å². The highest BCUT2D eigenvalue weighted by Crippen LogP contribution is 2.15. The number of rotatable bonds is 29. The van der Waals surface area contributed by atoms with Crippen LogP contribution in [0, 0.1) is 0 Å². The van der Waals surface area contributed by atoms with Gasteiger partial charge in [0.05, 0.1) is 0 Å². The topological polar surface area (TPSA) is 54.4 Å². The molecule has 0 fully saturated rings. The number of hydrogen-bond donors (Lipinski definition) is 1. The molecule has 34 heavy (non-hydrogen) atoms. The second kappa shape index (κ2) is 28.4. The standard InChI is InChI=1S/C31H60O3/c1-2-3-4-5-6-7-8-9-12-15-18-21-24-27-30(32)28-25-22-19-16-13-10-11-14-17-20-23-26-29-31(33)34/h2-29H2,1H3,(H,33,34). The molecule has 3 nitrogen and oxygen atoms in total. The Morgan fingerprint density at radius 1 is 0.382 bits per heavy atom. The third kappa shape index (κ3) is 29.2. The second-order valence-corrected chi connectivity index (χ2v) is 10.7. The molecule has 1 N–H and O–H groups in total. The van der Waals surface area contributed by atoms with Gasteiger partial charge in [0.25, 0.3) is 0 Å². The summed E-state index contributed by atoms with van der Waals surface area (Å²) in [6, 6.07) is 0. The number of carboxylic acid groups (broad SMARTS) is 1. The van der Waals surface area contributed by atoms with Crippen molar-refractivity contribution >= 4 is 11.8 Å². The van der Waals surface area contributed by atoms with Gasteiger partial charge in [0.1, 0.15) is 5.78 Å². The van der Waals surface area contributed by atoms with Crippen molar-refractivity contribution in [2.45, 2.75) is 187 Å². The molecule has 0 aliphatic rings. The highest BCUT2D eigenvalue weighted by Gasteiger charge is 2.02. The van der Waals surface area contributed by atoms with Gasteiger partial charge < -0.3 is 5.11 Å². The molecule has 0 spiro atoms. The molecular formula is C31H60O3. The quantitative estimate of drug-likeness (QED) is 0.108. The van der Waals surface area contributed by atoms with Gasteiger partial charge in [-0.05, 0) is 19.3 Å². The van der Waals surface area contributed by atoms with Crippen LogP contribution in [0.4, 0.5) is 0 Å². The van der Waals surface area contributed by atoms with E-state index in [4.69, 9.17) is 5.11 Å². The summed E-state index contributed by atoms with van der Waals surface area (Å²) < 4.78 is 0. The summed E-state index contributed by atoms with van der Waals surface area (Å²) in [5, 5.41) is 8.61. The molecule has 202 valence electrons. The molecule has 0 heterocycles. The molecule has 0 aromatic rings. The van der Waals surface area contributed by atoms with E-state index in [1.807, 2.05) is 0 Å². The summed E-state index contributed by atoms with van der Waals surface area (Å²) in [7, 11) is 0. The lowest BCUT2D eigenvalue weighted by atomic mass is 10.0. The zero-order chi connectivity index (χ0) is 25.0. The minimum absolute atomic E-state index is 0.324. The van der Waals surface area contributed by atoms with E-state index < -0.39 is 5.97 Å². The maximum atomic E-state index is 12.0. The van der Waals surface area contributed by atoms with E-state index in [1.165, 1.54) is 135 Å². The number of carbonyl (C=O) groups excluding carboxylic acids is 1. The number of unbranched alkanes of at least 4 members (excludes halogenated alkanes) is 23. The molecule has 0 amide bonds. The molecule has 0 unspecified atom stereocenters. The Balaban J connectivity index is 3.15. The maximum absolute atomic E-state index is 12.0. The Kier molecular flexibility index (Phi) is 27.7. The van der Waals surface area contributed by atoms with Crippen LogP contribution in [0.25, 0.3) is 0 Å². The number of Topliss-reactive ketones (excluding diaryl/α,β-unsaturated/α-hetero) is 1. The number of hydrogen-bond acceptors (Lipinski definition) is 2. The predicted octanol–water partition coefficient (Wildman–Crippen LogP) is 10.6. The van der Waals surface area contributed by atoms with Crippen molar-refractivity contribution in [2.24, 2.45) is 0 Å². The molecular weight excluding hydrogens is 420 g/mol. The first-order valence-electron chi connectivity index (χ1n) is 15.4. The van der Waals surface area contributed by atoms with Crippen LogP contribution in [0.3, 0.4) is 0 Å². The van der Waals surface area contributed by atoms with Gasteiger partial charge in [-0.3, -0.25) is 9.59 Å². The Hall–Kier alpha value is -0.860. The summed E-state index contributed by atoms with van der Waals surface area (Å²) in [6.07, 6.45) is 34.1. The molecule has 3 heteroatoms. The monoisotopic (exact) mass is 480 g/mol. The number of ketones is 1. The van der Waals surface area contributed by atoms with Crippen LogP contribution in [-0.4, -0.2) is 16.9 Å². The van der Waals surface area contributed by atoms with Gasteiger partial charge in [-0.1, -0.05) is 148 Å². The van der Waals surface area contributed by atoms with Gasteiger partial charge in [-0.25, -0.2) is 0 Å². The average molecular weight is 481 g/mol. The minimum atomic E-state index is -0.667. The molecule has 0 atom stereocenters. The predicted molar refractivity (Wildman–Crippen MR) is 148 cm³/mol. The lowest BCUT2D eigenvalue weighted by molar-refractivity contribution is -0.137. The Bertz CT molecular complexity index is 432. The van der Waals surface area contributed by atoms with Crippen LogP contribution >= 0.6 is 0 Å². The summed E-state index contributed by atoms with van der Waals surface area (Å²) in [6.45, 7) is 2.28. The van der Waals surface area contributed by atoms with Crippen LogP contribution in [0.15, 0.2) is 0 Å². The van der Waals surface area contributed by atoms with Crippen molar-refractivity contribution in [3.8, 4) is 0 Å². The molecule has 0 saturated carbocycles. The zero-order valence-corrected chi connectivity index (χ0v) is 23.1. The van der Waals surface area contributed by atoms with Gasteiger partial charge in [0.2, 0.25) is 0 Å². The van der Waals surface area contributed by atoms with E-state index in [0.717, 1.165) is 38.5 Å². The maximum Gasteiger partial charge on any atom is 0.303 e.